The number of hydrogen-bond donors (Lipinski definition) is 0. The zero-order chi connectivity index (χ0) is 10.8. The number of methoxy groups -OCH3 is 1. The van der Waals surface area contributed by atoms with E-state index in [1.807, 2.05) is 18.2 Å². The topological polar surface area (TPSA) is 49.4 Å². The Balaban J connectivity index is 2.85. The fourth-order valence-electron chi connectivity index (χ4n) is 1.63. The van der Waals surface area contributed by atoms with Crippen LogP contribution in [0.5, 0.6) is 5.75 Å². The van der Waals surface area contributed by atoms with Gasteiger partial charge in [0.1, 0.15) is 5.75 Å². The van der Waals surface area contributed by atoms with Gasteiger partial charge in [0.15, 0.2) is 0 Å². The molecule has 0 fully saturated rings. The largest absolute Gasteiger partial charge is 0.545 e. The van der Waals surface area contributed by atoms with Crippen LogP contribution in [0, 0.1) is 0 Å². The number of carboxylic acid groups (broad SMARTS) is 1. The van der Waals surface area contributed by atoms with Crippen molar-refractivity contribution in [1.82, 2.24) is 0 Å². The second-order valence-corrected chi connectivity index (χ2v) is 3.15. The van der Waals surface area contributed by atoms with E-state index in [9.17, 15) is 9.90 Å². The van der Waals surface area contributed by atoms with Crippen LogP contribution < -0.4 is 9.84 Å². The molecule has 3 nitrogen and oxygen atoms in total. The van der Waals surface area contributed by atoms with Crippen molar-refractivity contribution in [2.45, 2.75) is 0 Å². The molecule has 0 aliphatic heterocycles. The van der Waals surface area contributed by atoms with Crippen LogP contribution in [0.15, 0.2) is 36.4 Å². The minimum Gasteiger partial charge on any atom is -0.545 e. The van der Waals surface area contributed by atoms with Crippen LogP contribution in [0.1, 0.15) is 10.4 Å². The Labute approximate surface area is 86.9 Å². The van der Waals surface area contributed by atoms with E-state index < -0.39 is 5.97 Å². The summed E-state index contributed by atoms with van der Waals surface area (Å²) in [7, 11) is 1.44. The molecule has 76 valence electrons. The number of carbonyl (C=O) groups excluding carboxylic acids is 1. The van der Waals surface area contributed by atoms with E-state index in [1.54, 1.807) is 18.2 Å². The molecule has 0 heterocycles. The average molecular weight is 201 g/mol. The van der Waals surface area contributed by atoms with E-state index in [0.717, 1.165) is 5.39 Å². The maximum Gasteiger partial charge on any atom is 0.128 e. The zero-order valence-electron chi connectivity index (χ0n) is 8.19. The predicted molar refractivity (Wildman–Crippen MR) is 54.8 cm³/mol. The fourth-order valence-corrected chi connectivity index (χ4v) is 1.63. The third kappa shape index (κ3) is 1.52. The van der Waals surface area contributed by atoms with Gasteiger partial charge in [-0.25, -0.2) is 0 Å². The van der Waals surface area contributed by atoms with Crippen molar-refractivity contribution >= 4 is 16.7 Å². The summed E-state index contributed by atoms with van der Waals surface area (Å²) < 4.78 is 4.99. The Morgan fingerprint density at radius 2 is 1.93 bits per heavy atom. The van der Waals surface area contributed by atoms with Crippen molar-refractivity contribution in [2.75, 3.05) is 7.11 Å². The molecule has 15 heavy (non-hydrogen) atoms. The number of carbonyl (C=O) groups is 1. The molecule has 3 heteroatoms. The third-order valence-electron chi connectivity index (χ3n) is 2.31. The van der Waals surface area contributed by atoms with Crippen LogP contribution in [-0.2, 0) is 0 Å². The lowest BCUT2D eigenvalue weighted by atomic mass is 10.0. The average Bonchev–Trinajstić information content (AvgIpc) is 2.27. The number of benzene rings is 2. The predicted octanol–water partition coefficient (Wildman–Crippen LogP) is 1.21. The third-order valence-corrected chi connectivity index (χ3v) is 2.31. The second-order valence-electron chi connectivity index (χ2n) is 3.15. The summed E-state index contributed by atoms with van der Waals surface area (Å²) in [5.41, 5.74) is 0.107. The van der Waals surface area contributed by atoms with Gasteiger partial charge in [0, 0.05) is 5.56 Å². The lowest BCUT2D eigenvalue weighted by Crippen LogP contribution is -2.23. The van der Waals surface area contributed by atoms with Crippen molar-refractivity contribution in [3.8, 4) is 5.75 Å². The maximum absolute atomic E-state index is 11.0. The van der Waals surface area contributed by atoms with Gasteiger partial charge in [-0.05, 0) is 16.8 Å². The van der Waals surface area contributed by atoms with Gasteiger partial charge < -0.3 is 14.6 Å². The summed E-state index contributed by atoms with van der Waals surface area (Å²) in [6.45, 7) is 0. The highest BCUT2D eigenvalue weighted by molar-refractivity contribution is 6.05. The van der Waals surface area contributed by atoms with Crippen LogP contribution in [0.3, 0.4) is 0 Å². The molecule has 0 spiro atoms. The van der Waals surface area contributed by atoms with E-state index >= 15 is 0 Å². The van der Waals surface area contributed by atoms with Gasteiger partial charge in [-0.15, -0.1) is 0 Å². The first-order chi connectivity index (χ1) is 7.24. The first kappa shape index (κ1) is 9.52. The number of hydrogen-bond acceptors (Lipinski definition) is 3. The van der Waals surface area contributed by atoms with Crippen LogP contribution in [0.25, 0.3) is 10.8 Å². The molecule has 0 aliphatic rings. The van der Waals surface area contributed by atoms with Crippen LogP contribution in [-0.4, -0.2) is 13.1 Å². The van der Waals surface area contributed by atoms with E-state index in [0.29, 0.717) is 11.1 Å². The molecule has 0 aromatic heterocycles. The summed E-state index contributed by atoms with van der Waals surface area (Å²) in [6.07, 6.45) is 0. The summed E-state index contributed by atoms with van der Waals surface area (Å²) in [4.78, 5) is 11.0. The minimum atomic E-state index is -1.22. The van der Waals surface area contributed by atoms with Gasteiger partial charge in [-0.3, -0.25) is 0 Å². The molecular weight excluding hydrogens is 192 g/mol. The molecule has 0 atom stereocenters. The van der Waals surface area contributed by atoms with Crippen LogP contribution >= 0.6 is 0 Å². The molecule has 0 bridgehead atoms. The highest BCUT2D eigenvalue weighted by Gasteiger charge is 2.08. The van der Waals surface area contributed by atoms with E-state index in [2.05, 4.69) is 0 Å². The Bertz CT molecular complexity index is 517. The number of carboxylic acids is 1. The first-order valence-electron chi connectivity index (χ1n) is 4.51. The lowest BCUT2D eigenvalue weighted by Gasteiger charge is -2.12. The summed E-state index contributed by atoms with van der Waals surface area (Å²) in [6, 6.07) is 10.7. The van der Waals surface area contributed by atoms with E-state index in [4.69, 9.17) is 4.74 Å². The Kier molecular flexibility index (Phi) is 2.29. The Morgan fingerprint density at radius 3 is 2.60 bits per heavy atom. The minimum absolute atomic E-state index is 0.107. The van der Waals surface area contributed by atoms with Crippen LogP contribution in [0.2, 0.25) is 0 Å². The highest BCUT2D eigenvalue weighted by atomic mass is 16.5. The van der Waals surface area contributed by atoms with Crippen LogP contribution in [0.4, 0.5) is 0 Å². The number of fused-ring (bicyclic) bond motifs is 1. The fraction of sp³-hybridized carbons (Fsp3) is 0.0833. The number of rotatable bonds is 2. The van der Waals surface area contributed by atoms with E-state index in [1.165, 1.54) is 7.11 Å². The molecule has 0 radical (unpaired) electrons. The lowest BCUT2D eigenvalue weighted by molar-refractivity contribution is -0.254. The standard InChI is InChI=1S/C12H10O3/c1-15-10-7-6-8-4-2-3-5-9(8)11(10)12(13)14/h2-7H,1H3,(H,13,14)/p-1. The zero-order valence-corrected chi connectivity index (χ0v) is 8.19. The van der Waals surface area contributed by atoms with Crippen molar-refractivity contribution in [3.05, 3.63) is 42.0 Å². The second kappa shape index (κ2) is 3.61. The van der Waals surface area contributed by atoms with Gasteiger partial charge in [0.25, 0.3) is 0 Å². The Morgan fingerprint density at radius 1 is 1.20 bits per heavy atom. The SMILES string of the molecule is COc1ccc2ccccc2c1C(=O)[O-]. The highest BCUT2D eigenvalue weighted by Crippen LogP contribution is 2.26. The van der Waals surface area contributed by atoms with Gasteiger partial charge in [-0.2, -0.15) is 0 Å². The summed E-state index contributed by atoms with van der Waals surface area (Å²) in [5.74, 6) is -0.891. The molecular formula is C12H9O3-. The Hall–Kier alpha value is -2.03. The molecule has 0 N–H and O–H groups in total. The smallest absolute Gasteiger partial charge is 0.128 e. The molecule has 0 saturated carbocycles. The monoisotopic (exact) mass is 201 g/mol. The molecule has 2 aromatic rings. The normalized spacial score (nSPS) is 10.2. The van der Waals surface area contributed by atoms with Gasteiger partial charge in [-0.1, -0.05) is 30.3 Å². The van der Waals surface area contributed by atoms with Crippen molar-refractivity contribution in [1.29, 1.82) is 0 Å². The molecule has 0 aliphatic carbocycles. The summed E-state index contributed by atoms with van der Waals surface area (Å²) >= 11 is 0. The van der Waals surface area contributed by atoms with Gasteiger partial charge in [0.05, 0.1) is 13.1 Å². The maximum atomic E-state index is 11.0. The molecule has 0 saturated heterocycles. The quantitative estimate of drug-likeness (QED) is 0.733. The van der Waals surface area contributed by atoms with E-state index in [-0.39, 0.29) is 5.56 Å². The van der Waals surface area contributed by atoms with Crippen molar-refractivity contribution in [2.24, 2.45) is 0 Å². The van der Waals surface area contributed by atoms with Crippen molar-refractivity contribution in [3.63, 3.8) is 0 Å². The van der Waals surface area contributed by atoms with Gasteiger partial charge >= 0.3 is 0 Å². The molecule has 2 rings (SSSR count). The molecule has 0 amide bonds. The van der Waals surface area contributed by atoms with Gasteiger partial charge in [0.2, 0.25) is 0 Å². The summed E-state index contributed by atoms with van der Waals surface area (Å²) in [5, 5.41) is 12.5. The molecule has 0 unspecified atom stereocenters. The molecule has 2 aromatic carbocycles. The number of aromatic carboxylic acids is 1. The van der Waals surface area contributed by atoms with Crippen molar-refractivity contribution < 1.29 is 14.6 Å². The number of ether oxygens (including phenoxy) is 1. The first-order valence-corrected chi connectivity index (χ1v) is 4.51.